The van der Waals surface area contributed by atoms with Gasteiger partial charge in [-0.3, -0.25) is 14.9 Å². The molecule has 0 atom stereocenters. The summed E-state index contributed by atoms with van der Waals surface area (Å²) in [5.41, 5.74) is 0.362. The molecule has 2 aromatic carbocycles. The lowest BCUT2D eigenvalue weighted by Gasteiger charge is -2.26. The van der Waals surface area contributed by atoms with E-state index in [1.165, 1.54) is 24.3 Å². The molecule has 0 saturated carbocycles. The minimum absolute atomic E-state index is 0.164. The number of carbonyl (C=O) groups excluding carboxylic acids is 3. The summed E-state index contributed by atoms with van der Waals surface area (Å²) in [6.07, 6.45) is 2.11. The van der Waals surface area contributed by atoms with Crippen molar-refractivity contribution >= 4 is 64.4 Å². The van der Waals surface area contributed by atoms with Gasteiger partial charge < -0.3 is 4.74 Å². The molecule has 1 heterocycles. The largest absolute Gasteiger partial charge is 0.493 e. The SMILES string of the molecule is CCCOc1ccc(Cl)cc1/C=C1\C(=O)NC(=O)N(c2ccc(Cl)c(Cl)c2)C1=O. The van der Waals surface area contributed by atoms with Crippen LogP contribution >= 0.6 is 34.8 Å². The molecule has 6 nitrogen and oxygen atoms in total. The van der Waals surface area contributed by atoms with Crippen LogP contribution in [0.2, 0.25) is 15.1 Å². The zero-order chi connectivity index (χ0) is 21.1. The minimum Gasteiger partial charge on any atom is -0.493 e. The predicted molar refractivity (Wildman–Crippen MR) is 113 cm³/mol. The third-order valence-corrected chi connectivity index (χ3v) is 4.97. The number of imide groups is 2. The van der Waals surface area contributed by atoms with Crippen LogP contribution < -0.4 is 15.0 Å². The molecule has 3 rings (SSSR count). The summed E-state index contributed by atoms with van der Waals surface area (Å²) >= 11 is 18.0. The van der Waals surface area contributed by atoms with Gasteiger partial charge in [-0.2, -0.15) is 0 Å². The Kier molecular flexibility index (Phi) is 6.47. The number of nitrogens with one attached hydrogen (secondary N) is 1. The van der Waals surface area contributed by atoms with E-state index in [0.29, 0.717) is 22.9 Å². The lowest BCUT2D eigenvalue weighted by molar-refractivity contribution is -0.122. The molecule has 1 fully saturated rings. The number of ether oxygens (including phenoxy) is 1. The van der Waals surface area contributed by atoms with E-state index in [9.17, 15) is 14.4 Å². The Bertz CT molecular complexity index is 1040. The van der Waals surface area contributed by atoms with Crippen molar-refractivity contribution in [1.82, 2.24) is 5.32 Å². The van der Waals surface area contributed by atoms with E-state index in [-0.39, 0.29) is 21.3 Å². The predicted octanol–water partition coefficient (Wildman–Crippen LogP) is 5.10. The molecule has 4 amide bonds. The van der Waals surface area contributed by atoms with Crippen LogP contribution in [0.25, 0.3) is 6.08 Å². The summed E-state index contributed by atoms with van der Waals surface area (Å²) in [6.45, 7) is 2.40. The lowest BCUT2D eigenvalue weighted by atomic mass is 10.1. The van der Waals surface area contributed by atoms with Crippen molar-refractivity contribution in [3.05, 3.63) is 62.6 Å². The van der Waals surface area contributed by atoms with Crippen molar-refractivity contribution in [2.45, 2.75) is 13.3 Å². The topological polar surface area (TPSA) is 75.7 Å². The van der Waals surface area contributed by atoms with Crippen LogP contribution in [0.3, 0.4) is 0 Å². The zero-order valence-corrected chi connectivity index (χ0v) is 17.4. The van der Waals surface area contributed by atoms with Crippen molar-refractivity contribution in [3.8, 4) is 5.75 Å². The highest BCUT2D eigenvalue weighted by atomic mass is 35.5. The third-order valence-electron chi connectivity index (χ3n) is 4.00. The molecule has 0 aromatic heterocycles. The monoisotopic (exact) mass is 452 g/mol. The number of nitrogens with zero attached hydrogens (tertiary/aromatic N) is 1. The highest BCUT2D eigenvalue weighted by Crippen LogP contribution is 2.31. The first-order valence-corrected chi connectivity index (χ1v) is 9.74. The van der Waals surface area contributed by atoms with Crippen LogP contribution in [0.15, 0.2) is 42.0 Å². The van der Waals surface area contributed by atoms with Crippen molar-refractivity contribution < 1.29 is 19.1 Å². The smallest absolute Gasteiger partial charge is 0.335 e. The summed E-state index contributed by atoms with van der Waals surface area (Å²) in [5, 5.41) is 2.98. The van der Waals surface area contributed by atoms with Crippen LogP contribution in [0.4, 0.5) is 10.5 Å². The molecular formula is C20H15Cl3N2O4. The van der Waals surface area contributed by atoms with E-state index in [2.05, 4.69) is 5.32 Å². The first-order valence-electron chi connectivity index (χ1n) is 8.60. The van der Waals surface area contributed by atoms with Crippen LogP contribution in [-0.2, 0) is 9.59 Å². The van der Waals surface area contributed by atoms with Gasteiger partial charge in [0, 0.05) is 10.6 Å². The number of carbonyl (C=O) groups is 3. The van der Waals surface area contributed by atoms with Gasteiger partial charge in [0.1, 0.15) is 11.3 Å². The molecule has 0 unspecified atom stereocenters. The normalized spacial score (nSPS) is 15.7. The second kappa shape index (κ2) is 8.86. The molecule has 150 valence electrons. The fourth-order valence-corrected chi connectivity index (χ4v) is 3.12. The van der Waals surface area contributed by atoms with Gasteiger partial charge in [0.2, 0.25) is 0 Å². The quantitative estimate of drug-likeness (QED) is 0.505. The third kappa shape index (κ3) is 4.56. The molecule has 1 N–H and O–H groups in total. The van der Waals surface area contributed by atoms with E-state index in [0.717, 1.165) is 11.3 Å². The van der Waals surface area contributed by atoms with Crippen LogP contribution in [0, 0.1) is 0 Å². The van der Waals surface area contributed by atoms with Gasteiger partial charge in [0.05, 0.1) is 22.3 Å². The van der Waals surface area contributed by atoms with E-state index in [1.807, 2.05) is 6.92 Å². The maximum Gasteiger partial charge on any atom is 0.335 e. The number of hydrogen-bond donors (Lipinski definition) is 1. The molecule has 29 heavy (non-hydrogen) atoms. The Morgan fingerprint density at radius 2 is 1.79 bits per heavy atom. The van der Waals surface area contributed by atoms with Gasteiger partial charge in [0.25, 0.3) is 11.8 Å². The molecule has 2 aromatic rings. The molecule has 1 saturated heterocycles. The molecule has 0 radical (unpaired) electrons. The maximum absolute atomic E-state index is 13.0. The van der Waals surface area contributed by atoms with Crippen molar-refractivity contribution in [2.24, 2.45) is 0 Å². The van der Waals surface area contributed by atoms with E-state index in [4.69, 9.17) is 39.5 Å². The number of barbiturate groups is 1. The Labute approximate surface area is 182 Å². The second-order valence-electron chi connectivity index (χ2n) is 6.09. The highest BCUT2D eigenvalue weighted by Gasteiger charge is 2.37. The second-order valence-corrected chi connectivity index (χ2v) is 7.34. The van der Waals surface area contributed by atoms with Crippen LogP contribution in [0.5, 0.6) is 5.75 Å². The molecular weight excluding hydrogens is 439 g/mol. The number of hydrogen-bond acceptors (Lipinski definition) is 4. The molecule has 0 bridgehead atoms. The maximum atomic E-state index is 13.0. The van der Waals surface area contributed by atoms with Crippen LogP contribution in [-0.4, -0.2) is 24.5 Å². The van der Waals surface area contributed by atoms with Gasteiger partial charge in [0.15, 0.2) is 0 Å². The fourth-order valence-electron chi connectivity index (χ4n) is 2.65. The summed E-state index contributed by atoms with van der Waals surface area (Å²) < 4.78 is 5.66. The average Bonchev–Trinajstić information content (AvgIpc) is 2.67. The van der Waals surface area contributed by atoms with Gasteiger partial charge in [-0.1, -0.05) is 41.7 Å². The van der Waals surface area contributed by atoms with E-state index >= 15 is 0 Å². The molecule has 9 heteroatoms. The molecule has 1 aliphatic rings. The number of benzene rings is 2. The number of halogens is 3. The number of anilines is 1. The Hall–Kier alpha value is -2.54. The lowest BCUT2D eigenvalue weighted by Crippen LogP contribution is -2.54. The van der Waals surface area contributed by atoms with Crippen LogP contribution in [0.1, 0.15) is 18.9 Å². The zero-order valence-electron chi connectivity index (χ0n) is 15.2. The average molecular weight is 454 g/mol. The van der Waals surface area contributed by atoms with Gasteiger partial charge in [-0.25, -0.2) is 9.69 Å². The standard InChI is InChI=1S/C20H15Cl3N2O4/c1-2-7-29-17-6-3-12(21)8-11(17)9-14-18(26)24-20(28)25(19(14)27)13-4-5-15(22)16(23)10-13/h3-6,8-10H,2,7H2,1H3,(H,24,26,28)/b14-9+. The number of amides is 4. The molecule has 0 spiro atoms. The van der Waals surface area contributed by atoms with E-state index < -0.39 is 17.8 Å². The van der Waals surface area contributed by atoms with Crippen molar-refractivity contribution in [1.29, 1.82) is 0 Å². The number of rotatable bonds is 5. The summed E-state index contributed by atoms with van der Waals surface area (Å²) in [4.78, 5) is 38.5. The number of urea groups is 1. The summed E-state index contributed by atoms with van der Waals surface area (Å²) in [5.74, 6) is -1.17. The van der Waals surface area contributed by atoms with Gasteiger partial charge in [-0.05, 0) is 48.9 Å². The van der Waals surface area contributed by atoms with Gasteiger partial charge >= 0.3 is 6.03 Å². The minimum atomic E-state index is -0.885. The highest BCUT2D eigenvalue weighted by molar-refractivity contribution is 6.43. The Morgan fingerprint density at radius 3 is 2.48 bits per heavy atom. The Morgan fingerprint density at radius 1 is 1.03 bits per heavy atom. The first kappa shape index (κ1) is 21.2. The Balaban J connectivity index is 2.04. The van der Waals surface area contributed by atoms with Gasteiger partial charge in [-0.15, -0.1) is 0 Å². The van der Waals surface area contributed by atoms with Crippen molar-refractivity contribution in [3.63, 3.8) is 0 Å². The molecule has 1 aliphatic heterocycles. The van der Waals surface area contributed by atoms with E-state index in [1.54, 1.807) is 18.2 Å². The van der Waals surface area contributed by atoms with Crippen molar-refractivity contribution in [2.75, 3.05) is 11.5 Å². The molecule has 0 aliphatic carbocycles. The summed E-state index contributed by atoms with van der Waals surface area (Å²) in [7, 11) is 0. The fraction of sp³-hybridized carbons (Fsp3) is 0.150. The first-order chi connectivity index (χ1) is 13.8. The summed E-state index contributed by atoms with van der Waals surface area (Å²) in [6, 6.07) is 8.25.